The van der Waals surface area contributed by atoms with Crippen LogP contribution >= 0.6 is 11.8 Å². The predicted molar refractivity (Wildman–Crippen MR) is 122 cm³/mol. The van der Waals surface area contributed by atoms with E-state index in [9.17, 15) is 4.79 Å². The van der Waals surface area contributed by atoms with Crippen molar-refractivity contribution >= 4 is 17.7 Å². The molecular formula is C25H23N3O2S. The molecule has 0 spiro atoms. The van der Waals surface area contributed by atoms with Crippen LogP contribution in [0.1, 0.15) is 18.1 Å². The van der Waals surface area contributed by atoms with E-state index >= 15 is 0 Å². The minimum absolute atomic E-state index is 0.0252. The topological polar surface area (TPSA) is 59.2 Å². The molecule has 0 aliphatic carbocycles. The molecule has 31 heavy (non-hydrogen) atoms. The van der Waals surface area contributed by atoms with Gasteiger partial charge in [-0.3, -0.25) is 4.79 Å². The summed E-state index contributed by atoms with van der Waals surface area (Å²) in [7, 11) is 0. The maximum absolute atomic E-state index is 13.3. The molecule has 156 valence electrons. The summed E-state index contributed by atoms with van der Waals surface area (Å²) in [6, 6.07) is 29.7. The standard InChI is InChI=1S/C25H23N3O2S/c1-19(31-25-27-26-23(30-25)22-15-9-4-10-16-22)24(29)28(17-20-11-5-2-6-12-20)18-21-13-7-3-8-14-21/h2-16,19H,17-18H2,1H3. The second kappa shape index (κ2) is 10.1. The maximum Gasteiger partial charge on any atom is 0.277 e. The van der Waals surface area contributed by atoms with Gasteiger partial charge < -0.3 is 9.32 Å². The summed E-state index contributed by atoms with van der Waals surface area (Å²) in [6.07, 6.45) is 0. The molecule has 1 atom stereocenters. The molecule has 0 bridgehead atoms. The molecule has 1 amide bonds. The van der Waals surface area contributed by atoms with E-state index in [1.807, 2.05) is 103 Å². The summed E-state index contributed by atoms with van der Waals surface area (Å²) in [5.41, 5.74) is 3.04. The van der Waals surface area contributed by atoms with E-state index in [4.69, 9.17) is 4.42 Å². The normalized spacial score (nSPS) is 11.8. The highest BCUT2D eigenvalue weighted by atomic mass is 32.2. The molecule has 0 aliphatic heterocycles. The average Bonchev–Trinajstić information content (AvgIpc) is 3.28. The molecule has 0 aliphatic rings. The number of rotatable bonds is 8. The minimum atomic E-state index is -0.364. The molecule has 0 fully saturated rings. The highest BCUT2D eigenvalue weighted by Gasteiger charge is 2.24. The number of hydrogen-bond donors (Lipinski definition) is 0. The van der Waals surface area contributed by atoms with Gasteiger partial charge in [-0.25, -0.2) is 0 Å². The summed E-state index contributed by atoms with van der Waals surface area (Å²) >= 11 is 1.29. The van der Waals surface area contributed by atoms with E-state index < -0.39 is 0 Å². The Balaban J connectivity index is 1.48. The highest BCUT2D eigenvalue weighted by molar-refractivity contribution is 8.00. The van der Waals surface area contributed by atoms with Crippen molar-refractivity contribution in [2.45, 2.75) is 30.5 Å². The van der Waals surface area contributed by atoms with Crippen LogP contribution in [-0.4, -0.2) is 26.3 Å². The number of hydrogen-bond acceptors (Lipinski definition) is 5. The number of aromatic nitrogens is 2. The Kier molecular flexibility index (Phi) is 6.79. The average molecular weight is 430 g/mol. The van der Waals surface area contributed by atoms with E-state index in [1.54, 1.807) is 0 Å². The first-order chi connectivity index (χ1) is 15.2. The molecule has 1 heterocycles. The Hall–Kier alpha value is -3.38. The summed E-state index contributed by atoms with van der Waals surface area (Å²) in [4.78, 5) is 15.2. The van der Waals surface area contributed by atoms with Gasteiger partial charge in [0.15, 0.2) is 0 Å². The number of amides is 1. The van der Waals surface area contributed by atoms with Gasteiger partial charge in [-0.1, -0.05) is 90.6 Å². The predicted octanol–water partition coefficient (Wildman–Crippen LogP) is 5.45. The number of benzene rings is 3. The van der Waals surface area contributed by atoms with Gasteiger partial charge in [-0.05, 0) is 30.2 Å². The quantitative estimate of drug-likeness (QED) is 0.349. The fraction of sp³-hybridized carbons (Fsp3) is 0.160. The van der Waals surface area contributed by atoms with Crippen molar-refractivity contribution in [2.75, 3.05) is 0 Å². The number of thioether (sulfide) groups is 1. The van der Waals surface area contributed by atoms with E-state index in [0.29, 0.717) is 24.2 Å². The van der Waals surface area contributed by atoms with Crippen LogP contribution in [0.15, 0.2) is 101 Å². The molecule has 1 unspecified atom stereocenters. The summed E-state index contributed by atoms with van der Waals surface area (Å²) in [6.45, 7) is 2.96. The second-order valence-corrected chi connectivity index (χ2v) is 8.46. The van der Waals surface area contributed by atoms with Crippen LogP contribution in [0.5, 0.6) is 0 Å². The third kappa shape index (κ3) is 5.61. The monoisotopic (exact) mass is 429 g/mol. The van der Waals surface area contributed by atoms with Crippen molar-refractivity contribution in [1.82, 2.24) is 15.1 Å². The number of carbonyl (C=O) groups excluding carboxylic acids is 1. The zero-order chi connectivity index (χ0) is 21.5. The van der Waals surface area contributed by atoms with E-state index in [1.165, 1.54) is 11.8 Å². The van der Waals surface area contributed by atoms with Crippen LogP contribution in [0.25, 0.3) is 11.5 Å². The first kappa shape index (κ1) is 20.9. The molecule has 1 aromatic heterocycles. The molecular weight excluding hydrogens is 406 g/mol. The third-order valence-electron chi connectivity index (χ3n) is 4.80. The SMILES string of the molecule is CC(Sc1nnc(-c2ccccc2)o1)C(=O)N(Cc1ccccc1)Cc1ccccc1. The summed E-state index contributed by atoms with van der Waals surface area (Å²) < 4.78 is 5.78. The van der Waals surface area contributed by atoms with Gasteiger partial charge in [0.2, 0.25) is 11.8 Å². The zero-order valence-electron chi connectivity index (χ0n) is 17.2. The molecule has 0 saturated heterocycles. The van der Waals surface area contributed by atoms with Crippen molar-refractivity contribution < 1.29 is 9.21 Å². The fourth-order valence-electron chi connectivity index (χ4n) is 3.23. The number of nitrogens with zero attached hydrogens (tertiary/aromatic N) is 3. The van der Waals surface area contributed by atoms with Gasteiger partial charge in [-0.15, -0.1) is 10.2 Å². The van der Waals surface area contributed by atoms with Gasteiger partial charge in [0.25, 0.3) is 5.22 Å². The first-order valence-corrected chi connectivity index (χ1v) is 11.0. The maximum atomic E-state index is 13.3. The van der Waals surface area contributed by atoms with Crippen molar-refractivity contribution in [2.24, 2.45) is 0 Å². The van der Waals surface area contributed by atoms with E-state index in [-0.39, 0.29) is 11.2 Å². The zero-order valence-corrected chi connectivity index (χ0v) is 18.0. The molecule has 3 aromatic carbocycles. The lowest BCUT2D eigenvalue weighted by atomic mass is 10.1. The summed E-state index contributed by atoms with van der Waals surface area (Å²) in [5, 5.41) is 8.26. The number of carbonyl (C=O) groups is 1. The Morgan fingerprint density at radius 1 is 0.839 bits per heavy atom. The van der Waals surface area contributed by atoms with E-state index in [0.717, 1.165) is 16.7 Å². The first-order valence-electron chi connectivity index (χ1n) is 10.1. The Morgan fingerprint density at radius 2 is 1.35 bits per heavy atom. The molecule has 0 N–H and O–H groups in total. The Bertz CT molecular complexity index is 1060. The molecule has 4 aromatic rings. The Morgan fingerprint density at radius 3 is 1.90 bits per heavy atom. The van der Waals surface area contributed by atoms with Crippen LogP contribution in [0, 0.1) is 0 Å². The van der Waals surface area contributed by atoms with Crippen LogP contribution in [0.2, 0.25) is 0 Å². The van der Waals surface area contributed by atoms with Gasteiger partial charge in [0.05, 0.1) is 5.25 Å². The Labute approximate surface area is 186 Å². The van der Waals surface area contributed by atoms with Gasteiger partial charge in [-0.2, -0.15) is 0 Å². The lowest BCUT2D eigenvalue weighted by Crippen LogP contribution is -2.35. The molecule has 6 heteroatoms. The molecule has 0 radical (unpaired) electrons. The third-order valence-corrected chi connectivity index (χ3v) is 5.72. The van der Waals surface area contributed by atoms with Crippen LogP contribution in [-0.2, 0) is 17.9 Å². The fourth-order valence-corrected chi connectivity index (χ4v) is 4.00. The lowest BCUT2D eigenvalue weighted by molar-refractivity contribution is -0.131. The largest absolute Gasteiger partial charge is 0.411 e. The van der Waals surface area contributed by atoms with Crippen LogP contribution in [0.4, 0.5) is 0 Å². The van der Waals surface area contributed by atoms with Crippen molar-refractivity contribution in [3.05, 3.63) is 102 Å². The molecule has 0 saturated carbocycles. The highest BCUT2D eigenvalue weighted by Crippen LogP contribution is 2.27. The van der Waals surface area contributed by atoms with Gasteiger partial charge in [0, 0.05) is 18.7 Å². The minimum Gasteiger partial charge on any atom is -0.411 e. The summed E-state index contributed by atoms with van der Waals surface area (Å²) in [5.74, 6) is 0.477. The van der Waals surface area contributed by atoms with E-state index in [2.05, 4.69) is 10.2 Å². The van der Waals surface area contributed by atoms with Crippen LogP contribution in [0.3, 0.4) is 0 Å². The lowest BCUT2D eigenvalue weighted by Gasteiger charge is -2.25. The van der Waals surface area contributed by atoms with Crippen molar-refractivity contribution in [1.29, 1.82) is 0 Å². The molecule has 4 rings (SSSR count). The van der Waals surface area contributed by atoms with Gasteiger partial charge >= 0.3 is 0 Å². The second-order valence-electron chi connectivity index (χ2n) is 7.16. The van der Waals surface area contributed by atoms with Gasteiger partial charge in [0.1, 0.15) is 0 Å². The van der Waals surface area contributed by atoms with Crippen molar-refractivity contribution in [3.8, 4) is 11.5 Å². The molecule has 5 nitrogen and oxygen atoms in total. The van der Waals surface area contributed by atoms with Crippen molar-refractivity contribution in [3.63, 3.8) is 0 Å². The smallest absolute Gasteiger partial charge is 0.277 e. The van der Waals surface area contributed by atoms with Crippen LogP contribution < -0.4 is 0 Å².